The lowest BCUT2D eigenvalue weighted by atomic mass is 10.1. The van der Waals surface area contributed by atoms with Crippen molar-refractivity contribution >= 4 is 43.4 Å². The molecule has 1 aromatic heterocycles. The molecule has 0 aliphatic carbocycles. The van der Waals surface area contributed by atoms with Gasteiger partial charge in [-0.3, -0.25) is 9.69 Å². The Morgan fingerprint density at radius 2 is 1.88 bits per heavy atom. The normalized spacial score (nSPS) is 18.0. The topological polar surface area (TPSA) is 84.0 Å². The zero-order chi connectivity index (χ0) is 23.9. The van der Waals surface area contributed by atoms with Gasteiger partial charge in [0.15, 0.2) is 0 Å². The molecule has 5 rings (SSSR count). The second kappa shape index (κ2) is 8.73. The summed E-state index contributed by atoms with van der Waals surface area (Å²) in [5, 5.41) is 0.801. The minimum atomic E-state index is -4.11. The minimum absolute atomic E-state index is 0.0860. The zero-order valence-electron chi connectivity index (χ0n) is 18.2. The molecule has 2 aromatic carbocycles. The largest absolute Gasteiger partial charge is 0.444 e. The van der Waals surface area contributed by atoms with Crippen molar-refractivity contribution in [2.75, 3.05) is 6.54 Å². The molecule has 0 unspecified atom stereocenters. The lowest BCUT2D eigenvalue weighted by molar-refractivity contribution is -0.122. The van der Waals surface area contributed by atoms with Crippen LogP contribution >= 0.6 is 11.3 Å². The van der Waals surface area contributed by atoms with Gasteiger partial charge in [0.2, 0.25) is 0 Å². The van der Waals surface area contributed by atoms with Gasteiger partial charge in [-0.2, -0.15) is 0 Å². The summed E-state index contributed by atoms with van der Waals surface area (Å²) in [7, 11) is -4.11. The Kier molecular flexibility index (Phi) is 5.75. The second-order valence-corrected chi connectivity index (χ2v) is 11.2. The number of benzene rings is 2. The number of hydrogen-bond acceptors (Lipinski definition) is 6. The third-order valence-corrected chi connectivity index (χ3v) is 9.33. The predicted molar refractivity (Wildman–Crippen MR) is 129 cm³/mol. The van der Waals surface area contributed by atoms with Gasteiger partial charge in [-0.25, -0.2) is 17.5 Å². The van der Waals surface area contributed by atoms with Crippen molar-refractivity contribution in [3.8, 4) is 0 Å². The van der Waals surface area contributed by atoms with E-state index < -0.39 is 28.1 Å². The molecule has 0 bridgehead atoms. The van der Waals surface area contributed by atoms with Crippen LogP contribution in [0.3, 0.4) is 0 Å². The van der Waals surface area contributed by atoms with Crippen LogP contribution in [0.4, 0.5) is 4.79 Å². The number of likely N-dealkylation sites (tertiary alicyclic amines) is 1. The SMILES string of the molecule is C=CCC1=C2[C@@H](CCN2C(=O)OCc2ccccc2)N(S(=O)(=O)c2cc3ccccc3s2)C1=O. The maximum absolute atomic E-state index is 13.6. The number of carbonyl (C=O) groups is 2. The standard InChI is InChI=1S/C25H22N2O5S2/c1-2-8-19-23-20(13-14-26(23)25(29)32-16-17-9-4-3-5-10-17)27(24(19)28)34(30,31)22-15-18-11-6-7-12-21(18)33-22/h2-7,9-12,15,20H,1,8,13-14,16H2/t20-/m1/s1. The van der Waals surface area contributed by atoms with Crippen molar-refractivity contribution in [3.63, 3.8) is 0 Å². The number of thiophene rings is 1. The van der Waals surface area contributed by atoms with E-state index in [0.717, 1.165) is 31.3 Å². The summed E-state index contributed by atoms with van der Waals surface area (Å²) in [6, 6.07) is 17.5. The average molecular weight is 495 g/mol. The quantitative estimate of drug-likeness (QED) is 0.465. The summed E-state index contributed by atoms with van der Waals surface area (Å²) in [6.45, 7) is 4.06. The van der Waals surface area contributed by atoms with E-state index in [4.69, 9.17) is 4.74 Å². The van der Waals surface area contributed by atoms with Crippen molar-refractivity contribution in [3.05, 3.63) is 90.2 Å². The summed E-state index contributed by atoms with van der Waals surface area (Å²) in [4.78, 5) is 27.7. The Labute approximate surface area is 201 Å². The van der Waals surface area contributed by atoms with Crippen LogP contribution in [0.5, 0.6) is 0 Å². The molecule has 174 valence electrons. The van der Waals surface area contributed by atoms with Crippen LogP contribution in [0.15, 0.2) is 88.8 Å². The predicted octanol–water partition coefficient (Wildman–Crippen LogP) is 4.67. The highest BCUT2D eigenvalue weighted by atomic mass is 32.2. The number of nitrogens with zero attached hydrogens (tertiary/aromatic N) is 2. The summed E-state index contributed by atoms with van der Waals surface area (Å²) >= 11 is 1.13. The zero-order valence-corrected chi connectivity index (χ0v) is 19.8. The van der Waals surface area contributed by atoms with Gasteiger partial charge in [0.1, 0.15) is 10.8 Å². The van der Waals surface area contributed by atoms with Gasteiger partial charge in [0.05, 0.1) is 11.7 Å². The molecular formula is C25H22N2O5S2. The highest BCUT2D eigenvalue weighted by Gasteiger charge is 2.52. The molecule has 0 N–H and O–H groups in total. The number of carbonyl (C=O) groups excluding carboxylic acids is 2. The van der Waals surface area contributed by atoms with E-state index in [-0.39, 0.29) is 29.4 Å². The van der Waals surface area contributed by atoms with Crippen LogP contribution in [0.2, 0.25) is 0 Å². The van der Waals surface area contributed by atoms with Crippen LogP contribution in [0.1, 0.15) is 18.4 Å². The third kappa shape index (κ3) is 3.70. The van der Waals surface area contributed by atoms with Crippen LogP contribution in [-0.4, -0.2) is 42.2 Å². The van der Waals surface area contributed by atoms with Gasteiger partial charge in [-0.1, -0.05) is 54.6 Å². The first-order valence-electron chi connectivity index (χ1n) is 10.8. The molecule has 1 atom stereocenters. The molecular weight excluding hydrogens is 472 g/mol. The summed E-state index contributed by atoms with van der Waals surface area (Å²) in [6.07, 6.45) is 1.41. The van der Waals surface area contributed by atoms with Crippen LogP contribution in [0.25, 0.3) is 10.1 Å². The molecule has 2 amide bonds. The highest BCUT2D eigenvalue weighted by molar-refractivity contribution is 7.92. The van der Waals surface area contributed by atoms with Crippen LogP contribution in [0, 0.1) is 0 Å². The lowest BCUT2D eigenvalue weighted by Crippen LogP contribution is -2.39. The van der Waals surface area contributed by atoms with E-state index in [0.29, 0.717) is 12.1 Å². The van der Waals surface area contributed by atoms with Crippen molar-refractivity contribution in [1.82, 2.24) is 9.21 Å². The maximum atomic E-state index is 13.6. The van der Waals surface area contributed by atoms with E-state index in [9.17, 15) is 18.0 Å². The van der Waals surface area contributed by atoms with E-state index in [1.54, 1.807) is 12.1 Å². The molecule has 0 saturated carbocycles. The molecule has 3 aromatic rings. The van der Waals surface area contributed by atoms with E-state index in [1.807, 2.05) is 54.6 Å². The number of allylic oxidation sites excluding steroid dienone is 1. The molecule has 1 saturated heterocycles. The Morgan fingerprint density at radius 1 is 1.15 bits per heavy atom. The van der Waals surface area contributed by atoms with Gasteiger partial charge in [-0.05, 0) is 35.9 Å². The smallest absolute Gasteiger partial charge is 0.414 e. The fourth-order valence-corrected chi connectivity index (χ4v) is 7.51. The molecule has 0 radical (unpaired) electrons. The summed E-state index contributed by atoms with van der Waals surface area (Å²) in [5.41, 5.74) is 1.50. The minimum Gasteiger partial charge on any atom is -0.444 e. The first-order chi connectivity index (χ1) is 16.4. The Hall–Kier alpha value is -3.43. The third-order valence-electron chi connectivity index (χ3n) is 5.97. The molecule has 9 heteroatoms. The van der Waals surface area contributed by atoms with Gasteiger partial charge < -0.3 is 4.74 Å². The van der Waals surface area contributed by atoms with Gasteiger partial charge in [0, 0.05) is 16.8 Å². The monoisotopic (exact) mass is 494 g/mol. The van der Waals surface area contributed by atoms with Crippen molar-refractivity contribution in [1.29, 1.82) is 0 Å². The van der Waals surface area contributed by atoms with Gasteiger partial charge in [0.25, 0.3) is 15.9 Å². The van der Waals surface area contributed by atoms with E-state index in [1.165, 1.54) is 4.90 Å². The number of hydrogen-bond donors (Lipinski definition) is 0. The van der Waals surface area contributed by atoms with E-state index in [2.05, 4.69) is 6.58 Å². The molecule has 0 spiro atoms. The molecule has 2 aliphatic heterocycles. The van der Waals surface area contributed by atoms with Crippen LogP contribution < -0.4 is 0 Å². The second-order valence-electron chi connectivity index (χ2n) is 8.06. The van der Waals surface area contributed by atoms with E-state index >= 15 is 0 Å². The summed E-state index contributed by atoms with van der Waals surface area (Å²) in [5.74, 6) is -0.613. The Bertz CT molecular complexity index is 1390. The van der Waals surface area contributed by atoms with Crippen molar-refractivity contribution < 1.29 is 22.7 Å². The fourth-order valence-electron chi connectivity index (χ4n) is 4.45. The van der Waals surface area contributed by atoms with Gasteiger partial charge >= 0.3 is 6.09 Å². The Balaban J connectivity index is 1.45. The average Bonchev–Trinajstić information content (AvgIpc) is 3.53. The Morgan fingerprint density at radius 3 is 2.62 bits per heavy atom. The van der Waals surface area contributed by atoms with Crippen molar-refractivity contribution in [2.24, 2.45) is 0 Å². The first kappa shape index (κ1) is 22.4. The highest BCUT2D eigenvalue weighted by Crippen LogP contribution is 2.42. The molecule has 1 fully saturated rings. The summed E-state index contributed by atoms with van der Waals surface area (Å²) < 4.78 is 34.6. The number of amides is 2. The first-order valence-corrected chi connectivity index (χ1v) is 13.1. The number of sulfonamides is 1. The maximum Gasteiger partial charge on any atom is 0.414 e. The molecule has 7 nitrogen and oxygen atoms in total. The lowest BCUT2D eigenvalue weighted by Gasteiger charge is -2.22. The van der Waals surface area contributed by atoms with Crippen molar-refractivity contribution in [2.45, 2.75) is 29.7 Å². The number of fused-ring (bicyclic) bond motifs is 2. The fraction of sp³-hybridized carbons (Fsp3) is 0.200. The van der Waals surface area contributed by atoms with Gasteiger partial charge in [-0.15, -0.1) is 17.9 Å². The molecule has 3 heterocycles. The van der Waals surface area contributed by atoms with Crippen LogP contribution in [-0.2, 0) is 26.2 Å². The molecule has 2 aliphatic rings. The molecule has 34 heavy (non-hydrogen) atoms. The number of rotatable bonds is 6. The number of ether oxygens (including phenoxy) is 1.